The summed E-state index contributed by atoms with van der Waals surface area (Å²) in [7, 11) is 0. The van der Waals surface area contributed by atoms with Crippen LogP contribution in [0.1, 0.15) is 20.3 Å². The van der Waals surface area contributed by atoms with E-state index in [-0.39, 0.29) is 5.56 Å². The van der Waals surface area contributed by atoms with Gasteiger partial charge in [0.15, 0.2) is 0 Å². The van der Waals surface area contributed by atoms with Gasteiger partial charge in [-0.1, -0.05) is 6.92 Å². The molecule has 1 aliphatic heterocycles. The molecule has 18 heavy (non-hydrogen) atoms. The quantitative estimate of drug-likeness (QED) is 0.911. The van der Waals surface area contributed by atoms with Crippen molar-refractivity contribution in [2.24, 2.45) is 0 Å². The van der Waals surface area contributed by atoms with Gasteiger partial charge in [-0.2, -0.15) is 5.10 Å². The van der Waals surface area contributed by atoms with Crippen LogP contribution in [-0.4, -0.2) is 35.5 Å². The van der Waals surface area contributed by atoms with Crippen molar-refractivity contribution in [3.63, 3.8) is 0 Å². The number of nitrogens with zero attached hydrogens (tertiary/aromatic N) is 3. The maximum Gasteiger partial charge on any atom is 0.283 e. The molecular formula is C12H19BrN4O. The van der Waals surface area contributed by atoms with Crippen LogP contribution in [0.4, 0.5) is 5.69 Å². The highest BCUT2D eigenvalue weighted by atomic mass is 79.9. The molecule has 1 fully saturated rings. The summed E-state index contributed by atoms with van der Waals surface area (Å²) >= 11 is 3.42. The monoisotopic (exact) mass is 314 g/mol. The maximum absolute atomic E-state index is 12.1. The molecule has 100 valence electrons. The van der Waals surface area contributed by atoms with Crippen molar-refractivity contribution in [2.45, 2.75) is 32.9 Å². The largest absolute Gasteiger partial charge is 0.366 e. The van der Waals surface area contributed by atoms with Gasteiger partial charge in [-0.25, -0.2) is 4.68 Å². The molecular weight excluding hydrogens is 296 g/mol. The van der Waals surface area contributed by atoms with Gasteiger partial charge in [-0.15, -0.1) is 0 Å². The molecule has 0 unspecified atom stereocenters. The zero-order chi connectivity index (χ0) is 13.1. The fourth-order valence-corrected chi connectivity index (χ4v) is 2.76. The van der Waals surface area contributed by atoms with Gasteiger partial charge in [0.25, 0.3) is 5.56 Å². The van der Waals surface area contributed by atoms with Crippen LogP contribution in [0, 0.1) is 0 Å². The second-order valence-electron chi connectivity index (χ2n) is 4.67. The molecule has 1 aromatic heterocycles. The zero-order valence-electron chi connectivity index (χ0n) is 10.8. The molecule has 0 spiro atoms. The Labute approximate surface area is 115 Å². The van der Waals surface area contributed by atoms with Crippen LogP contribution in [0.15, 0.2) is 15.5 Å². The highest BCUT2D eigenvalue weighted by molar-refractivity contribution is 9.10. The molecule has 2 heterocycles. The predicted octanol–water partition coefficient (Wildman–Crippen LogP) is 1.21. The average molecular weight is 315 g/mol. The number of hydrogen-bond acceptors (Lipinski definition) is 4. The highest BCUT2D eigenvalue weighted by Gasteiger charge is 2.20. The number of rotatable bonds is 3. The molecule has 5 nitrogen and oxygen atoms in total. The molecule has 1 atom stereocenters. The molecule has 1 aliphatic rings. The lowest BCUT2D eigenvalue weighted by molar-refractivity contribution is 0.481. The molecule has 2 rings (SSSR count). The van der Waals surface area contributed by atoms with Crippen molar-refractivity contribution < 1.29 is 0 Å². The lowest BCUT2D eigenvalue weighted by Crippen LogP contribution is -2.49. The Kier molecular flexibility index (Phi) is 4.40. The minimum absolute atomic E-state index is 0.0412. The van der Waals surface area contributed by atoms with E-state index in [4.69, 9.17) is 0 Å². The molecule has 0 radical (unpaired) electrons. The Bertz CT molecular complexity index is 474. The van der Waals surface area contributed by atoms with Gasteiger partial charge in [-0.05, 0) is 29.3 Å². The SMILES string of the molecule is CCCn1ncc(N2CCN[C@H](C)C2)c(Br)c1=O. The van der Waals surface area contributed by atoms with Crippen LogP contribution in [0.25, 0.3) is 0 Å². The first kappa shape index (κ1) is 13.5. The van der Waals surface area contributed by atoms with E-state index in [9.17, 15) is 4.79 Å². The minimum atomic E-state index is -0.0412. The third-order valence-electron chi connectivity index (χ3n) is 3.11. The molecule has 0 aromatic carbocycles. The van der Waals surface area contributed by atoms with E-state index in [0.29, 0.717) is 17.1 Å². The first-order chi connectivity index (χ1) is 8.63. The first-order valence-corrected chi connectivity index (χ1v) is 7.16. The van der Waals surface area contributed by atoms with Gasteiger partial charge in [0.2, 0.25) is 0 Å². The van der Waals surface area contributed by atoms with Crippen LogP contribution in [0.5, 0.6) is 0 Å². The number of aryl methyl sites for hydroxylation is 1. The number of piperazine rings is 1. The molecule has 1 aromatic rings. The smallest absolute Gasteiger partial charge is 0.283 e. The fraction of sp³-hybridized carbons (Fsp3) is 0.667. The average Bonchev–Trinajstić information content (AvgIpc) is 2.35. The summed E-state index contributed by atoms with van der Waals surface area (Å²) in [5.41, 5.74) is 0.862. The second-order valence-corrected chi connectivity index (χ2v) is 5.47. The standard InChI is InChI=1S/C12H19BrN4O/c1-3-5-17-12(18)11(13)10(7-15-17)16-6-4-14-9(2)8-16/h7,9,14H,3-6,8H2,1-2H3/t9-/m1/s1. The third-order valence-corrected chi connectivity index (χ3v) is 3.86. The number of hydrogen-bond donors (Lipinski definition) is 1. The Morgan fingerprint density at radius 3 is 3.06 bits per heavy atom. The predicted molar refractivity (Wildman–Crippen MR) is 76.2 cm³/mol. The van der Waals surface area contributed by atoms with Gasteiger partial charge in [0.05, 0.1) is 11.9 Å². The van der Waals surface area contributed by atoms with Gasteiger partial charge < -0.3 is 10.2 Å². The lowest BCUT2D eigenvalue weighted by Gasteiger charge is -2.33. The van der Waals surface area contributed by atoms with Crippen molar-refractivity contribution in [3.05, 3.63) is 21.0 Å². The van der Waals surface area contributed by atoms with Crippen LogP contribution >= 0.6 is 15.9 Å². The summed E-state index contributed by atoms with van der Waals surface area (Å²) in [4.78, 5) is 14.3. The molecule has 1 saturated heterocycles. The second kappa shape index (κ2) is 5.84. The Morgan fingerprint density at radius 1 is 1.61 bits per heavy atom. The summed E-state index contributed by atoms with van der Waals surface area (Å²) in [5, 5.41) is 7.63. The third kappa shape index (κ3) is 2.75. The number of aromatic nitrogens is 2. The van der Waals surface area contributed by atoms with E-state index >= 15 is 0 Å². The van der Waals surface area contributed by atoms with Crippen LogP contribution in [0.3, 0.4) is 0 Å². The van der Waals surface area contributed by atoms with Crippen molar-refractivity contribution in [3.8, 4) is 0 Å². The summed E-state index contributed by atoms with van der Waals surface area (Å²) in [6, 6.07) is 0.434. The molecule has 1 N–H and O–H groups in total. The topological polar surface area (TPSA) is 50.2 Å². The van der Waals surface area contributed by atoms with Crippen molar-refractivity contribution >= 4 is 21.6 Å². The lowest BCUT2D eigenvalue weighted by atomic mass is 10.2. The van der Waals surface area contributed by atoms with E-state index in [1.54, 1.807) is 6.20 Å². The van der Waals surface area contributed by atoms with E-state index in [2.05, 4.69) is 38.2 Å². The number of halogens is 1. The van der Waals surface area contributed by atoms with Crippen molar-refractivity contribution in [1.29, 1.82) is 0 Å². The number of nitrogens with one attached hydrogen (secondary N) is 1. The van der Waals surface area contributed by atoms with Crippen molar-refractivity contribution in [1.82, 2.24) is 15.1 Å². The van der Waals surface area contributed by atoms with E-state index in [1.807, 2.05) is 6.92 Å². The molecule has 0 bridgehead atoms. The maximum atomic E-state index is 12.1. The molecule has 6 heteroatoms. The Hall–Kier alpha value is -0.880. The number of anilines is 1. The van der Waals surface area contributed by atoms with E-state index in [0.717, 1.165) is 31.7 Å². The summed E-state index contributed by atoms with van der Waals surface area (Å²) in [6.45, 7) is 7.58. The first-order valence-electron chi connectivity index (χ1n) is 6.37. The van der Waals surface area contributed by atoms with Crippen LogP contribution in [-0.2, 0) is 6.54 Å². The van der Waals surface area contributed by atoms with E-state index < -0.39 is 0 Å². The van der Waals surface area contributed by atoms with E-state index in [1.165, 1.54) is 4.68 Å². The molecule has 0 aliphatic carbocycles. The van der Waals surface area contributed by atoms with Crippen LogP contribution in [0.2, 0.25) is 0 Å². The Morgan fingerprint density at radius 2 is 2.39 bits per heavy atom. The van der Waals surface area contributed by atoms with Gasteiger partial charge in [0.1, 0.15) is 4.47 Å². The highest BCUT2D eigenvalue weighted by Crippen LogP contribution is 2.22. The molecule has 0 amide bonds. The van der Waals surface area contributed by atoms with Gasteiger partial charge in [-0.3, -0.25) is 4.79 Å². The summed E-state index contributed by atoms with van der Waals surface area (Å²) in [6.07, 6.45) is 2.70. The summed E-state index contributed by atoms with van der Waals surface area (Å²) < 4.78 is 2.14. The normalized spacial score (nSPS) is 20.2. The fourth-order valence-electron chi connectivity index (χ4n) is 2.20. The molecule has 0 saturated carbocycles. The van der Waals surface area contributed by atoms with Crippen molar-refractivity contribution in [2.75, 3.05) is 24.5 Å². The zero-order valence-corrected chi connectivity index (χ0v) is 12.4. The van der Waals surface area contributed by atoms with Gasteiger partial charge in [0, 0.05) is 32.2 Å². The minimum Gasteiger partial charge on any atom is -0.366 e. The Balaban J connectivity index is 2.29. The summed E-state index contributed by atoms with van der Waals surface area (Å²) in [5.74, 6) is 0. The van der Waals surface area contributed by atoms with Gasteiger partial charge >= 0.3 is 0 Å². The van der Waals surface area contributed by atoms with Crippen LogP contribution < -0.4 is 15.8 Å².